The summed E-state index contributed by atoms with van der Waals surface area (Å²) in [6.45, 7) is 3.56. The van der Waals surface area contributed by atoms with Crippen LogP contribution in [0.4, 0.5) is 8.78 Å². The number of hydrogen-bond acceptors (Lipinski definition) is 9. The Kier molecular flexibility index (Phi) is 6.81. The fourth-order valence-corrected chi connectivity index (χ4v) is 8.27. The van der Waals surface area contributed by atoms with Crippen molar-refractivity contribution in [3.05, 3.63) is 34.6 Å². The third kappa shape index (κ3) is 5.07. The molecule has 3 aromatic rings. The Bertz CT molecular complexity index is 1830. The van der Waals surface area contributed by atoms with E-state index in [1.807, 2.05) is 6.07 Å². The molecule has 218 valence electrons. The molecule has 0 bridgehead atoms. The molecule has 16 heteroatoms. The minimum absolute atomic E-state index is 0.0650. The minimum Gasteiger partial charge on any atom is -0.295 e. The zero-order chi connectivity index (χ0) is 29.3. The van der Waals surface area contributed by atoms with E-state index >= 15 is 0 Å². The summed E-state index contributed by atoms with van der Waals surface area (Å²) in [6, 6.07) is 3.52. The second kappa shape index (κ2) is 9.87. The molecule has 0 spiro atoms. The van der Waals surface area contributed by atoms with Gasteiger partial charge in [0, 0.05) is 30.8 Å². The fraction of sp³-hybridized carbons (Fsp3) is 0.520. The number of imidazole rings is 1. The van der Waals surface area contributed by atoms with Crippen LogP contribution in [0.15, 0.2) is 23.2 Å². The highest BCUT2D eigenvalue weighted by Gasteiger charge is 2.47. The van der Waals surface area contributed by atoms with E-state index in [1.54, 1.807) is 24.3 Å². The van der Waals surface area contributed by atoms with Gasteiger partial charge in [-0.2, -0.15) is 14.3 Å². The van der Waals surface area contributed by atoms with Crippen LogP contribution in [0.2, 0.25) is 0 Å². The number of alkyl halides is 2. The summed E-state index contributed by atoms with van der Waals surface area (Å²) in [5.41, 5.74) is 1.50. The van der Waals surface area contributed by atoms with Crippen molar-refractivity contribution in [1.82, 2.24) is 28.6 Å². The van der Waals surface area contributed by atoms with Gasteiger partial charge in [0.25, 0.3) is 6.43 Å². The monoisotopic (exact) mass is 623 g/mol. The summed E-state index contributed by atoms with van der Waals surface area (Å²) < 4.78 is 84.9. The zero-order valence-electron chi connectivity index (χ0n) is 22.2. The van der Waals surface area contributed by atoms with Gasteiger partial charge in [-0.15, -0.1) is 10.2 Å². The van der Waals surface area contributed by atoms with Crippen molar-refractivity contribution in [1.29, 1.82) is 5.26 Å². The van der Waals surface area contributed by atoms with Crippen molar-refractivity contribution in [3.8, 4) is 16.8 Å². The molecular formula is C25H27F2N7O4S3. The molecule has 3 aliphatic rings. The first-order valence-corrected chi connectivity index (χ1v) is 17.0. The van der Waals surface area contributed by atoms with Crippen LogP contribution in [-0.4, -0.2) is 64.6 Å². The van der Waals surface area contributed by atoms with E-state index in [1.165, 1.54) is 16.6 Å². The summed E-state index contributed by atoms with van der Waals surface area (Å²) >= 11 is 0.728. The van der Waals surface area contributed by atoms with E-state index in [4.69, 9.17) is 4.98 Å². The first-order valence-electron chi connectivity index (χ1n) is 13.2. The Morgan fingerprint density at radius 1 is 1.20 bits per heavy atom. The Morgan fingerprint density at radius 2 is 1.93 bits per heavy atom. The van der Waals surface area contributed by atoms with Crippen molar-refractivity contribution in [2.75, 3.05) is 13.1 Å². The van der Waals surface area contributed by atoms with Gasteiger partial charge in [0.2, 0.25) is 20.0 Å². The lowest BCUT2D eigenvalue weighted by atomic mass is 10.0. The van der Waals surface area contributed by atoms with E-state index in [-0.39, 0.29) is 28.9 Å². The predicted octanol–water partition coefficient (Wildman–Crippen LogP) is 3.83. The maximum absolute atomic E-state index is 13.6. The molecule has 1 N–H and O–H groups in total. The zero-order valence-corrected chi connectivity index (χ0v) is 24.7. The topological polar surface area (TPSA) is 150 Å². The lowest BCUT2D eigenvalue weighted by Gasteiger charge is -2.27. The number of hydrogen-bond donors (Lipinski definition) is 1. The summed E-state index contributed by atoms with van der Waals surface area (Å²) in [5, 5.41) is 16.3. The van der Waals surface area contributed by atoms with Crippen LogP contribution in [-0.2, 0) is 20.0 Å². The number of aromatic nitrogens is 4. The molecule has 0 saturated heterocycles. The summed E-state index contributed by atoms with van der Waals surface area (Å²) in [6.07, 6.45) is 3.12. The molecule has 4 heterocycles. The molecule has 2 aliphatic carbocycles. The van der Waals surface area contributed by atoms with Crippen LogP contribution in [0.25, 0.3) is 21.9 Å². The van der Waals surface area contributed by atoms with E-state index < -0.39 is 42.3 Å². The molecule has 6 rings (SSSR count). The van der Waals surface area contributed by atoms with Gasteiger partial charge in [0.15, 0.2) is 10.0 Å². The molecule has 0 radical (unpaired) electrons. The SMILES string of the molecule is CC(C)S(=O)(=O)N1CC=C(c2cc(S(=O)(=O)NC3(C#N)CC3)cn3c(-c4nnc(C(F)F)s4)c(C4CC4)nc23)CC1. The van der Waals surface area contributed by atoms with Crippen molar-refractivity contribution < 1.29 is 25.6 Å². The van der Waals surface area contributed by atoms with Gasteiger partial charge in [-0.25, -0.2) is 30.6 Å². The van der Waals surface area contributed by atoms with Crippen LogP contribution >= 0.6 is 11.3 Å². The Balaban J connectivity index is 1.54. The standard InChI is InChI=1S/C25H27F2N7O4S3/c1-14(2)41(37,38)33-9-5-15(6-10-33)18-11-17(40(35,36)32-25(13-28)7-8-25)12-34-20(19(16-3-4-16)29-22(18)34)23-30-31-24(39-23)21(26)27/h5,11-12,14,16,21,32H,3-4,6-10H2,1-2H3. The van der Waals surface area contributed by atoms with Crippen LogP contribution in [0.1, 0.15) is 74.6 Å². The van der Waals surface area contributed by atoms with Gasteiger partial charge in [-0.1, -0.05) is 17.4 Å². The molecule has 0 unspecified atom stereocenters. The molecule has 3 aromatic heterocycles. The number of nitrogens with zero attached hydrogens (tertiary/aromatic N) is 6. The largest absolute Gasteiger partial charge is 0.295 e. The third-order valence-corrected chi connectivity index (χ3v) is 12.3. The van der Waals surface area contributed by atoms with Crippen LogP contribution < -0.4 is 4.72 Å². The van der Waals surface area contributed by atoms with E-state index in [0.29, 0.717) is 47.4 Å². The second-order valence-electron chi connectivity index (χ2n) is 10.9. The van der Waals surface area contributed by atoms with E-state index in [9.17, 15) is 30.9 Å². The molecule has 0 aromatic carbocycles. The van der Waals surface area contributed by atoms with Gasteiger partial charge < -0.3 is 0 Å². The number of nitrogens with one attached hydrogen (secondary N) is 1. The van der Waals surface area contributed by atoms with Crippen molar-refractivity contribution in [3.63, 3.8) is 0 Å². The smallest absolute Gasteiger partial charge is 0.291 e. The van der Waals surface area contributed by atoms with Crippen LogP contribution in [0, 0.1) is 11.3 Å². The Labute approximate surface area is 240 Å². The first-order chi connectivity index (χ1) is 19.3. The predicted molar refractivity (Wildman–Crippen MR) is 147 cm³/mol. The molecule has 0 atom stereocenters. The first kappa shape index (κ1) is 28.3. The normalized spacial score (nSPS) is 19.6. The molecule has 2 fully saturated rings. The van der Waals surface area contributed by atoms with Crippen molar-refractivity contribution >= 4 is 42.6 Å². The second-order valence-corrected chi connectivity index (χ2v) is 16.1. The van der Waals surface area contributed by atoms with Crippen molar-refractivity contribution in [2.45, 2.75) is 74.0 Å². The highest BCUT2D eigenvalue weighted by Crippen LogP contribution is 2.46. The van der Waals surface area contributed by atoms with Gasteiger partial charge in [0.05, 0.1) is 21.9 Å². The average molecular weight is 624 g/mol. The minimum atomic E-state index is -4.18. The van der Waals surface area contributed by atoms with Crippen LogP contribution in [0.5, 0.6) is 0 Å². The number of sulfonamides is 2. The fourth-order valence-electron chi connectivity index (χ4n) is 4.90. The number of nitriles is 1. The van der Waals surface area contributed by atoms with Crippen LogP contribution in [0.3, 0.4) is 0 Å². The highest BCUT2D eigenvalue weighted by atomic mass is 32.2. The molecule has 1 aliphatic heterocycles. The van der Waals surface area contributed by atoms with Gasteiger partial charge in [-0.3, -0.25) is 4.40 Å². The lowest BCUT2D eigenvalue weighted by Crippen LogP contribution is -2.39. The summed E-state index contributed by atoms with van der Waals surface area (Å²) in [7, 11) is -7.66. The van der Waals surface area contributed by atoms with Gasteiger partial charge in [0.1, 0.15) is 16.9 Å². The molecule has 0 amide bonds. The van der Waals surface area contributed by atoms with Gasteiger partial charge >= 0.3 is 0 Å². The third-order valence-electron chi connectivity index (χ3n) is 7.59. The number of fused-ring (bicyclic) bond motifs is 1. The quantitative estimate of drug-likeness (QED) is 0.378. The highest BCUT2D eigenvalue weighted by molar-refractivity contribution is 7.89. The van der Waals surface area contributed by atoms with E-state index in [2.05, 4.69) is 14.9 Å². The lowest BCUT2D eigenvalue weighted by molar-refractivity contribution is 0.150. The number of halogens is 2. The van der Waals surface area contributed by atoms with Crippen molar-refractivity contribution in [2.24, 2.45) is 0 Å². The molecule has 41 heavy (non-hydrogen) atoms. The molecule has 11 nitrogen and oxygen atoms in total. The summed E-state index contributed by atoms with van der Waals surface area (Å²) in [4.78, 5) is 4.75. The Morgan fingerprint density at radius 3 is 2.46 bits per heavy atom. The summed E-state index contributed by atoms with van der Waals surface area (Å²) in [5.74, 6) is 0.0650. The average Bonchev–Trinajstić information content (AvgIpc) is 3.84. The molecule has 2 saturated carbocycles. The number of rotatable bonds is 9. The maximum Gasteiger partial charge on any atom is 0.291 e. The van der Waals surface area contributed by atoms with E-state index in [0.717, 1.165) is 24.2 Å². The number of pyridine rings is 1. The van der Waals surface area contributed by atoms with Gasteiger partial charge in [-0.05, 0) is 57.6 Å². The molecular weight excluding hydrogens is 597 g/mol. The maximum atomic E-state index is 13.6. The Hall–Kier alpha value is -2.84.